The van der Waals surface area contributed by atoms with E-state index >= 15 is 0 Å². The molecule has 0 bridgehead atoms. The van der Waals surface area contributed by atoms with Crippen LogP contribution in [0.4, 0.5) is 0 Å². The van der Waals surface area contributed by atoms with Crippen molar-refractivity contribution in [1.82, 2.24) is 10.2 Å². The predicted molar refractivity (Wildman–Crippen MR) is 115 cm³/mol. The van der Waals surface area contributed by atoms with Crippen LogP contribution >= 0.6 is 34.8 Å². The van der Waals surface area contributed by atoms with Crippen LogP contribution in [-0.2, 0) is 22.6 Å². The molecule has 0 saturated carbocycles. The number of hydrogen-bond acceptors (Lipinski definition) is 2. The average molecular weight is 442 g/mol. The van der Waals surface area contributed by atoms with E-state index in [9.17, 15) is 9.59 Å². The molecule has 0 saturated heterocycles. The van der Waals surface area contributed by atoms with E-state index in [1.807, 2.05) is 19.9 Å². The van der Waals surface area contributed by atoms with Gasteiger partial charge in [0.05, 0.1) is 16.5 Å². The van der Waals surface area contributed by atoms with Crippen LogP contribution in [0.1, 0.15) is 31.4 Å². The van der Waals surface area contributed by atoms with Crippen LogP contribution in [0.25, 0.3) is 0 Å². The molecule has 28 heavy (non-hydrogen) atoms. The normalized spacial score (nSPS) is 11.8. The summed E-state index contributed by atoms with van der Waals surface area (Å²) in [4.78, 5) is 27.3. The fourth-order valence-electron chi connectivity index (χ4n) is 2.97. The van der Waals surface area contributed by atoms with Gasteiger partial charge in [0, 0.05) is 18.1 Å². The number of hydrogen-bond donors (Lipinski definition) is 1. The van der Waals surface area contributed by atoms with Gasteiger partial charge in [-0.1, -0.05) is 59.9 Å². The van der Waals surface area contributed by atoms with Gasteiger partial charge in [-0.3, -0.25) is 9.59 Å². The lowest BCUT2D eigenvalue weighted by atomic mass is 10.1. The van der Waals surface area contributed by atoms with Crippen molar-refractivity contribution in [1.29, 1.82) is 0 Å². The number of carbonyl (C=O) groups is 2. The van der Waals surface area contributed by atoms with E-state index in [0.29, 0.717) is 28.0 Å². The minimum absolute atomic E-state index is 0.151. The van der Waals surface area contributed by atoms with E-state index in [-0.39, 0.29) is 24.8 Å². The third kappa shape index (κ3) is 6.13. The first-order chi connectivity index (χ1) is 13.3. The first-order valence-electron chi connectivity index (χ1n) is 9.11. The van der Waals surface area contributed by atoms with Crippen molar-refractivity contribution in [2.24, 2.45) is 0 Å². The van der Waals surface area contributed by atoms with Gasteiger partial charge in [0.2, 0.25) is 11.8 Å². The van der Waals surface area contributed by atoms with Gasteiger partial charge in [-0.15, -0.1) is 0 Å². The summed E-state index contributed by atoms with van der Waals surface area (Å²) in [6.45, 7) is 4.49. The zero-order chi connectivity index (χ0) is 20.7. The Labute approximate surface area is 180 Å². The number of benzene rings is 2. The van der Waals surface area contributed by atoms with Crippen LogP contribution in [-0.4, -0.2) is 29.3 Å². The maximum absolute atomic E-state index is 13.1. The van der Waals surface area contributed by atoms with Crippen molar-refractivity contribution in [3.05, 3.63) is 68.7 Å². The van der Waals surface area contributed by atoms with Gasteiger partial charge in [0.25, 0.3) is 0 Å². The van der Waals surface area contributed by atoms with Crippen molar-refractivity contribution < 1.29 is 9.59 Å². The molecule has 2 rings (SSSR count). The topological polar surface area (TPSA) is 49.4 Å². The summed E-state index contributed by atoms with van der Waals surface area (Å²) in [6, 6.07) is 11.8. The van der Waals surface area contributed by atoms with E-state index in [1.165, 1.54) is 0 Å². The van der Waals surface area contributed by atoms with Crippen LogP contribution in [0.3, 0.4) is 0 Å². The molecular formula is C21H23Cl3N2O2. The molecule has 150 valence electrons. The minimum atomic E-state index is -0.582. The Balaban J connectivity index is 2.31. The second kappa shape index (κ2) is 10.7. The molecule has 2 aromatic carbocycles. The maximum atomic E-state index is 13.1. The molecule has 2 amide bonds. The predicted octanol–water partition coefficient (Wildman–Crippen LogP) is 5.13. The number of amides is 2. The number of likely N-dealkylation sites (N-methyl/N-ethyl adjacent to an activating group) is 1. The highest BCUT2D eigenvalue weighted by molar-refractivity contribution is 6.42. The van der Waals surface area contributed by atoms with Gasteiger partial charge in [-0.25, -0.2) is 0 Å². The first-order valence-corrected chi connectivity index (χ1v) is 10.2. The molecule has 0 aliphatic carbocycles. The van der Waals surface area contributed by atoms with Gasteiger partial charge < -0.3 is 10.2 Å². The molecule has 0 heterocycles. The van der Waals surface area contributed by atoms with Crippen molar-refractivity contribution in [3.8, 4) is 0 Å². The number of rotatable bonds is 8. The summed E-state index contributed by atoms with van der Waals surface area (Å²) in [6.07, 6.45) is 0.645. The minimum Gasteiger partial charge on any atom is -0.355 e. The van der Waals surface area contributed by atoms with Crippen LogP contribution < -0.4 is 5.32 Å². The lowest BCUT2D eigenvalue weighted by Gasteiger charge is -2.30. The molecule has 0 fully saturated rings. The third-order valence-electron chi connectivity index (χ3n) is 4.32. The Hall–Kier alpha value is -1.75. The van der Waals surface area contributed by atoms with Crippen LogP contribution in [0.5, 0.6) is 0 Å². The van der Waals surface area contributed by atoms with Gasteiger partial charge in [0.15, 0.2) is 0 Å². The number of halogens is 3. The zero-order valence-corrected chi connectivity index (χ0v) is 18.1. The molecule has 1 atom stereocenters. The number of carbonyl (C=O) groups excluding carboxylic acids is 2. The first kappa shape index (κ1) is 22.5. The summed E-state index contributed by atoms with van der Waals surface area (Å²) >= 11 is 18.1. The van der Waals surface area contributed by atoms with Crippen molar-refractivity contribution in [3.63, 3.8) is 0 Å². The molecule has 0 aliphatic heterocycles. The summed E-state index contributed by atoms with van der Waals surface area (Å²) in [7, 11) is 0. The smallest absolute Gasteiger partial charge is 0.242 e. The van der Waals surface area contributed by atoms with E-state index in [1.54, 1.807) is 41.3 Å². The molecule has 0 spiro atoms. The van der Waals surface area contributed by atoms with E-state index in [0.717, 1.165) is 11.1 Å². The summed E-state index contributed by atoms with van der Waals surface area (Å²) in [5.74, 6) is -0.337. The van der Waals surface area contributed by atoms with Crippen LogP contribution in [0.15, 0.2) is 42.5 Å². The van der Waals surface area contributed by atoms with E-state index in [4.69, 9.17) is 34.8 Å². The van der Waals surface area contributed by atoms with Gasteiger partial charge in [0.1, 0.15) is 6.04 Å². The molecule has 4 nitrogen and oxygen atoms in total. The quantitative estimate of drug-likeness (QED) is 0.617. The Morgan fingerprint density at radius 3 is 2.36 bits per heavy atom. The standard InChI is InChI=1S/C21H23Cl3N2O2/c1-3-19(21(28)25-4-2)26(13-15-8-9-17(23)18(24)11-15)20(27)12-14-6-5-7-16(22)10-14/h5-11,19H,3-4,12-13H2,1-2H3,(H,25,28). The summed E-state index contributed by atoms with van der Waals surface area (Å²) in [5, 5.41) is 4.23. The molecule has 0 aliphatic rings. The SMILES string of the molecule is CCNC(=O)C(CC)N(Cc1ccc(Cl)c(Cl)c1)C(=O)Cc1cccc(Cl)c1. The lowest BCUT2D eigenvalue weighted by Crippen LogP contribution is -2.49. The zero-order valence-electron chi connectivity index (χ0n) is 15.8. The fourth-order valence-corrected chi connectivity index (χ4v) is 3.50. The van der Waals surface area contributed by atoms with Crippen molar-refractivity contribution in [2.75, 3.05) is 6.54 Å². The summed E-state index contributed by atoms with van der Waals surface area (Å²) < 4.78 is 0. The molecule has 0 aromatic heterocycles. The van der Waals surface area contributed by atoms with E-state index in [2.05, 4.69) is 5.32 Å². The maximum Gasteiger partial charge on any atom is 0.242 e. The van der Waals surface area contributed by atoms with E-state index < -0.39 is 6.04 Å². The lowest BCUT2D eigenvalue weighted by molar-refractivity contribution is -0.140. The largest absolute Gasteiger partial charge is 0.355 e. The fraction of sp³-hybridized carbons (Fsp3) is 0.333. The Morgan fingerprint density at radius 2 is 1.75 bits per heavy atom. The summed E-state index contributed by atoms with van der Waals surface area (Å²) in [5.41, 5.74) is 1.60. The van der Waals surface area contributed by atoms with Gasteiger partial charge in [-0.2, -0.15) is 0 Å². The number of nitrogens with one attached hydrogen (secondary N) is 1. The highest BCUT2D eigenvalue weighted by Crippen LogP contribution is 2.24. The van der Waals surface area contributed by atoms with Crippen LogP contribution in [0, 0.1) is 0 Å². The van der Waals surface area contributed by atoms with Gasteiger partial charge >= 0.3 is 0 Å². The molecule has 7 heteroatoms. The molecular weight excluding hydrogens is 419 g/mol. The Kier molecular flexibility index (Phi) is 8.61. The molecule has 2 aromatic rings. The number of nitrogens with zero attached hydrogens (tertiary/aromatic N) is 1. The Bertz CT molecular complexity index is 842. The molecule has 0 radical (unpaired) electrons. The highest BCUT2D eigenvalue weighted by atomic mass is 35.5. The monoisotopic (exact) mass is 440 g/mol. The van der Waals surface area contributed by atoms with Crippen molar-refractivity contribution >= 4 is 46.6 Å². The third-order valence-corrected chi connectivity index (χ3v) is 5.29. The average Bonchev–Trinajstić information content (AvgIpc) is 2.64. The highest BCUT2D eigenvalue weighted by Gasteiger charge is 2.28. The molecule has 1 unspecified atom stereocenters. The van der Waals surface area contributed by atoms with Crippen molar-refractivity contribution in [2.45, 2.75) is 39.3 Å². The second-order valence-corrected chi connectivity index (χ2v) is 7.65. The second-order valence-electron chi connectivity index (χ2n) is 6.40. The molecule has 1 N–H and O–H groups in total. The van der Waals surface area contributed by atoms with Gasteiger partial charge in [-0.05, 0) is 48.7 Å². The van der Waals surface area contributed by atoms with Crippen LogP contribution in [0.2, 0.25) is 15.1 Å². The Morgan fingerprint density at radius 1 is 1.00 bits per heavy atom.